The van der Waals surface area contributed by atoms with Gasteiger partial charge >= 0.3 is 5.00 Å². The van der Waals surface area contributed by atoms with Gasteiger partial charge in [-0.25, -0.2) is 0 Å². The van der Waals surface area contributed by atoms with E-state index in [0.717, 1.165) is 31.1 Å². The topological polar surface area (TPSA) is 58.4 Å². The van der Waals surface area contributed by atoms with Gasteiger partial charge in [0.05, 0.1) is 4.92 Å². The molecule has 112 valence electrons. The van der Waals surface area contributed by atoms with Gasteiger partial charge in [0.2, 0.25) is 0 Å². The van der Waals surface area contributed by atoms with Crippen LogP contribution in [0.2, 0.25) is 0 Å². The van der Waals surface area contributed by atoms with Crippen molar-refractivity contribution in [3.8, 4) is 0 Å². The predicted molar refractivity (Wildman–Crippen MR) is 82.1 cm³/mol. The van der Waals surface area contributed by atoms with E-state index in [4.69, 9.17) is 0 Å². The molecular formula is C14H23N3O2S. The lowest BCUT2D eigenvalue weighted by atomic mass is 9.98. The third kappa shape index (κ3) is 4.26. The molecule has 1 unspecified atom stereocenters. The SMILES string of the molecule is CC(C)N(Cc1ccc([N+](=O)[O-])s1)CC1CCCNC1. The highest BCUT2D eigenvalue weighted by Crippen LogP contribution is 2.26. The summed E-state index contributed by atoms with van der Waals surface area (Å²) in [5, 5.41) is 14.4. The molecule has 1 aliphatic heterocycles. The summed E-state index contributed by atoms with van der Waals surface area (Å²) >= 11 is 1.29. The normalized spacial score (nSPS) is 19.7. The van der Waals surface area contributed by atoms with Gasteiger partial charge in [-0.05, 0) is 51.8 Å². The Kier molecular flexibility index (Phi) is 5.51. The first-order valence-corrected chi connectivity index (χ1v) is 8.05. The molecule has 1 fully saturated rings. The van der Waals surface area contributed by atoms with Gasteiger partial charge in [0.25, 0.3) is 0 Å². The number of thiophene rings is 1. The largest absolute Gasteiger partial charge is 0.324 e. The average Bonchev–Trinajstić information content (AvgIpc) is 2.88. The molecule has 1 saturated heterocycles. The van der Waals surface area contributed by atoms with Gasteiger partial charge in [-0.1, -0.05) is 11.3 Å². The van der Waals surface area contributed by atoms with Crippen LogP contribution in [0.1, 0.15) is 31.6 Å². The molecule has 0 radical (unpaired) electrons. The van der Waals surface area contributed by atoms with Crippen LogP contribution in [0.15, 0.2) is 12.1 Å². The molecule has 1 N–H and O–H groups in total. The zero-order valence-corrected chi connectivity index (χ0v) is 13.0. The van der Waals surface area contributed by atoms with Crippen molar-refractivity contribution in [1.82, 2.24) is 10.2 Å². The Bertz CT molecular complexity index is 441. The molecule has 0 amide bonds. The van der Waals surface area contributed by atoms with Gasteiger partial charge in [0, 0.05) is 30.1 Å². The molecule has 0 aromatic carbocycles. The van der Waals surface area contributed by atoms with Crippen molar-refractivity contribution in [2.75, 3.05) is 19.6 Å². The van der Waals surface area contributed by atoms with Crippen LogP contribution in [0, 0.1) is 16.0 Å². The van der Waals surface area contributed by atoms with Crippen molar-refractivity contribution in [2.24, 2.45) is 5.92 Å². The maximum atomic E-state index is 10.7. The lowest BCUT2D eigenvalue weighted by molar-refractivity contribution is -0.380. The highest BCUT2D eigenvalue weighted by atomic mass is 32.1. The van der Waals surface area contributed by atoms with Gasteiger partial charge in [-0.2, -0.15) is 0 Å². The smallest absolute Gasteiger partial charge is 0.316 e. The molecule has 0 saturated carbocycles. The Morgan fingerprint density at radius 1 is 1.55 bits per heavy atom. The summed E-state index contributed by atoms with van der Waals surface area (Å²) in [5.41, 5.74) is 0. The van der Waals surface area contributed by atoms with E-state index in [1.165, 1.54) is 24.2 Å². The van der Waals surface area contributed by atoms with E-state index in [1.807, 2.05) is 6.07 Å². The Morgan fingerprint density at radius 2 is 2.35 bits per heavy atom. The maximum Gasteiger partial charge on any atom is 0.324 e. The molecule has 5 nitrogen and oxygen atoms in total. The molecule has 2 rings (SSSR count). The summed E-state index contributed by atoms with van der Waals surface area (Å²) in [6.45, 7) is 8.49. The summed E-state index contributed by atoms with van der Waals surface area (Å²) in [6.07, 6.45) is 2.53. The van der Waals surface area contributed by atoms with Crippen LogP contribution in [-0.2, 0) is 6.54 Å². The minimum absolute atomic E-state index is 0.239. The molecule has 1 atom stereocenters. The van der Waals surface area contributed by atoms with Crippen molar-refractivity contribution >= 4 is 16.3 Å². The molecule has 0 aliphatic carbocycles. The second kappa shape index (κ2) is 7.15. The summed E-state index contributed by atoms with van der Waals surface area (Å²) in [7, 11) is 0. The van der Waals surface area contributed by atoms with Crippen LogP contribution in [0.3, 0.4) is 0 Å². The Morgan fingerprint density at radius 3 is 2.90 bits per heavy atom. The van der Waals surface area contributed by atoms with Crippen LogP contribution in [0.4, 0.5) is 5.00 Å². The highest BCUT2D eigenvalue weighted by molar-refractivity contribution is 7.15. The molecule has 2 heterocycles. The number of hydrogen-bond donors (Lipinski definition) is 1. The van der Waals surface area contributed by atoms with Crippen LogP contribution < -0.4 is 5.32 Å². The van der Waals surface area contributed by atoms with Gasteiger partial charge in [-0.15, -0.1) is 0 Å². The third-order valence-corrected chi connectivity index (χ3v) is 4.83. The Hall–Kier alpha value is -0.980. The minimum atomic E-state index is -0.307. The highest BCUT2D eigenvalue weighted by Gasteiger charge is 2.20. The summed E-state index contributed by atoms with van der Waals surface area (Å²) in [6, 6.07) is 3.95. The van der Waals surface area contributed by atoms with Gasteiger partial charge < -0.3 is 5.32 Å². The summed E-state index contributed by atoms with van der Waals surface area (Å²) < 4.78 is 0. The predicted octanol–water partition coefficient (Wildman–Crippen LogP) is 2.87. The monoisotopic (exact) mass is 297 g/mol. The fraction of sp³-hybridized carbons (Fsp3) is 0.714. The van der Waals surface area contributed by atoms with Gasteiger partial charge in [-0.3, -0.25) is 15.0 Å². The lowest BCUT2D eigenvalue weighted by Crippen LogP contribution is -2.40. The standard InChI is InChI=1S/C14H23N3O2S/c1-11(2)16(9-12-4-3-7-15-8-12)10-13-5-6-14(20-13)17(18)19/h5-6,11-12,15H,3-4,7-10H2,1-2H3. The first-order valence-electron chi connectivity index (χ1n) is 7.24. The molecule has 20 heavy (non-hydrogen) atoms. The second-order valence-electron chi connectivity index (χ2n) is 5.73. The van der Waals surface area contributed by atoms with E-state index >= 15 is 0 Å². The van der Waals surface area contributed by atoms with Crippen molar-refractivity contribution in [3.63, 3.8) is 0 Å². The van der Waals surface area contributed by atoms with Crippen LogP contribution in [-0.4, -0.2) is 35.5 Å². The van der Waals surface area contributed by atoms with Gasteiger partial charge in [0.1, 0.15) is 0 Å². The van der Waals surface area contributed by atoms with E-state index in [0.29, 0.717) is 12.0 Å². The number of nitrogens with zero attached hydrogens (tertiary/aromatic N) is 2. The fourth-order valence-corrected chi connectivity index (χ4v) is 3.46. The Labute approximate surface area is 124 Å². The van der Waals surface area contributed by atoms with Crippen molar-refractivity contribution in [2.45, 2.75) is 39.3 Å². The average molecular weight is 297 g/mol. The van der Waals surface area contributed by atoms with Crippen LogP contribution in [0.5, 0.6) is 0 Å². The fourth-order valence-electron chi connectivity index (χ4n) is 2.62. The van der Waals surface area contributed by atoms with Crippen molar-refractivity contribution in [1.29, 1.82) is 0 Å². The Balaban J connectivity index is 1.95. The molecule has 0 bridgehead atoms. The third-order valence-electron chi connectivity index (χ3n) is 3.81. The van der Waals surface area contributed by atoms with Crippen LogP contribution >= 0.6 is 11.3 Å². The molecule has 1 aliphatic rings. The zero-order chi connectivity index (χ0) is 14.5. The maximum absolute atomic E-state index is 10.7. The number of nitro groups is 1. The second-order valence-corrected chi connectivity index (χ2v) is 6.88. The molecule has 1 aromatic rings. The molecule has 1 aromatic heterocycles. The van der Waals surface area contributed by atoms with E-state index in [2.05, 4.69) is 24.1 Å². The number of rotatable bonds is 6. The molecular weight excluding hydrogens is 274 g/mol. The van der Waals surface area contributed by atoms with E-state index in [-0.39, 0.29) is 9.92 Å². The molecule has 6 heteroatoms. The number of nitrogens with one attached hydrogen (secondary N) is 1. The minimum Gasteiger partial charge on any atom is -0.316 e. The van der Waals surface area contributed by atoms with E-state index in [9.17, 15) is 10.1 Å². The van der Waals surface area contributed by atoms with E-state index in [1.54, 1.807) is 6.07 Å². The first kappa shape index (κ1) is 15.4. The lowest BCUT2D eigenvalue weighted by Gasteiger charge is -2.32. The summed E-state index contributed by atoms with van der Waals surface area (Å²) in [5.74, 6) is 0.695. The van der Waals surface area contributed by atoms with Crippen LogP contribution in [0.25, 0.3) is 0 Å². The number of piperidine rings is 1. The van der Waals surface area contributed by atoms with Crippen molar-refractivity contribution in [3.05, 3.63) is 27.1 Å². The van der Waals surface area contributed by atoms with E-state index < -0.39 is 0 Å². The molecule has 0 spiro atoms. The zero-order valence-electron chi connectivity index (χ0n) is 12.2. The quantitative estimate of drug-likeness (QED) is 0.648. The number of hydrogen-bond acceptors (Lipinski definition) is 5. The van der Waals surface area contributed by atoms with Crippen molar-refractivity contribution < 1.29 is 4.92 Å². The summed E-state index contributed by atoms with van der Waals surface area (Å²) in [4.78, 5) is 13.9. The van der Waals surface area contributed by atoms with Gasteiger partial charge in [0.15, 0.2) is 0 Å². The first-order chi connectivity index (χ1) is 9.56.